The monoisotopic (exact) mass is 295 g/mol. The number of nitrogens with zero attached hydrogens (tertiary/aromatic N) is 3. The predicted octanol–water partition coefficient (Wildman–Crippen LogP) is 1.80. The second-order valence-electron chi connectivity index (χ2n) is 5.44. The lowest BCUT2D eigenvalue weighted by Gasteiger charge is -2.19. The van der Waals surface area contributed by atoms with E-state index in [4.69, 9.17) is 4.74 Å². The van der Waals surface area contributed by atoms with Crippen LogP contribution in [0, 0.1) is 5.82 Å². The Morgan fingerprint density at radius 3 is 2.86 bits per heavy atom. The van der Waals surface area contributed by atoms with Crippen LogP contribution < -0.4 is 10.6 Å². The molecule has 0 saturated carbocycles. The normalized spacial score (nSPS) is 11.4. The van der Waals surface area contributed by atoms with E-state index in [0.29, 0.717) is 24.7 Å². The number of pyridine rings is 1. The first kappa shape index (κ1) is 15.0. The summed E-state index contributed by atoms with van der Waals surface area (Å²) in [5, 5.41) is 9.60. The summed E-state index contributed by atoms with van der Waals surface area (Å²) in [7, 11) is 0. The maximum Gasteiger partial charge on any atom is 0.407 e. The van der Waals surface area contributed by atoms with Crippen molar-refractivity contribution in [2.45, 2.75) is 26.4 Å². The van der Waals surface area contributed by atoms with Crippen molar-refractivity contribution in [2.24, 2.45) is 0 Å². The minimum Gasteiger partial charge on any atom is -0.444 e. The fourth-order valence-electron chi connectivity index (χ4n) is 1.59. The van der Waals surface area contributed by atoms with Gasteiger partial charge in [-0.3, -0.25) is 0 Å². The van der Waals surface area contributed by atoms with Crippen LogP contribution >= 0.6 is 0 Å². The van der Waals surface area contributed by atoms with Crippen molar-refractivity contribution in [3.05, 3.63) is 24.1 Å². The number of anilines is 1. The number of hydrogen-bond donors (Lipinski definition) is 2. The molecule has 2 heterocycles. The number of carbonyl (C=O) groups is 1. The van der Waals surface area contributed by atoms with Crippen molar-refractivity contribution in [1.82, 2.24) is 19.9 Å². The van der Waals surface area contributed by atoms with Crippen molar-refractivity contribution in [2.75, 3.05) is 18.4 Å². The zero-order valence-electron chi connectivity index (χ0n) is 12.2. The van der Waals surface area contributed by atoms with Gasteiger partial charge in [0.05, 0.1) is 6.20 Å². The van der Waals surface area contributed by atoms with Crippen molar-refractivity contribution >= 4 is 17.7 Å². The second-order valence-corrected chi connectivity index (χ2v) is 5.44. The average molecular weight is 295 g/mol. The van der Waals surface area contributed by atoms with Gasteiger partial charge >= 0.3 is 6.09 Å². The summed E-state index contributed by atoms with van der Waals surface area (Å²) in [5.41, 5.74) is 0.0177. The van der Waals surface area contributed by atoms with Crippen LogP contribution in [0.4, 0.5) is 15.1 Å². The minimum absolute atomic E-state index is 0.360. The fraction of sp³-hybridized carbons (Fsp3) is 0.462. The van der Waals surface area contributed by atoms with Gasteiger partial charge in [-0.15, -0.1) is 5.10 Å². The summed E-state index contributed by atoms with van der Waals surface area (Å²) >= 11 is 0. The molecule has 0 spiro atoms. The van der Waals surface area contributed by atoms with Crippen LogP contribution in [0.15, 0.2) is 18.3 Å². The molecule has 0 atom stereocenters. The topological polar surface area (TPSA) is 80.5 Å². The fourth-order valence-corrected chi connectivity index (χ4v) is 1.59. The molecule has 0 fully saturated rings. The lowest BCUT2D eigenvalue weighted by molar-refractivity contribution is 0.0530. The van der Waals surface area contributed by atoms with Gasteiger partial charge in [0.2, 0.25) is 5.95 Å². The number of halogens is 1. The van der Waals surface area contributed by atoms with E-state index in [1.807, 2.05) is 0 Å². The van der Waals surface area contributed by atoms with Crippen LogP contribution in [0.25, 0.3) is 5.65 Å². The van der Waals surface area contributed by atoms with E-state index < -0.39 is 11.7 Å². The van der Waals surface area contributed by atoms with Gasteiger partial charge in [-0.1, -0.05) is 0 Å². The summed E-state index contributed by atoms with van der Waals surface area (Å²) in [5.74, 6) is -0.0165. The number of aromatic nitrogens is 3. The number of ether oxygens (including phenoxy) is 1. The highest BCUT2D eigenvalue weighted by Gasteiger charge is 2.15. The minimum atomic E-state index is -0.523. The Balaban J connectivity index is 1.79. The molecule has 0 aliphatic rings. The Hall–Kier alpha value is -2.38. The van der Waals surface area contributed by atoms with Crippen molar-refractivity contribution in [1.29, 1.82) is 0 Å². The molecule has 0 bridgehead atoms. The van der Waals surface area contributed by atoms with E-state index in [-0.39, 0.29) is 5.82 Å². The van der Waals surface area contributed by atoms with Crippen molar-refractivity contribution < 1.29 is 13.9 Å². The molecule has 0 aromatic carbocycles. The Kier molecular flexibility index (Phi) is 4.25. The predicted molar refractivity (Wildman–Crippen MR) is 75.7 cm³/mol. The molecule has 7 nitrogen and oxygen atoms in total. The standard InChI is InChI=1S/C13H18FN5O2/c1-13(2,3)21-12(20)16-7-6-15-11-17-10-5-4-9(14)8-19(10)18-11/h4-5,8H,6-7H2,1-3H3,(H,15,18)(H,16,20). The molecule has 0 unspecified atom stereocenters. The number of carbonyl (C=O) groups excluding carboxylic acids is 1. The van der Waals surface area contributed by atoms with Crippen molar-refractivity contribution in [3.8, 4) is 0 Å². The maximum absolute atomic E-state index is 13.0. The van der Waals surface area contributed by atoms with Gasteiger partial charge in [0.1, 0.15) is 11.4 Å². The second kappa shape index (κ2) is 5.94. The molecule has 2 aromatic rings. The van der Waals surface area contributed by atoms with Gasteiger partial charge in [-0.2, -0.15) is 4.98 Å². The largest absolute Gasteiger partial charge is 0.444 e. The summed E-state index contributed by atoms with van der Waals surface area (Å²) in [6.07, 6.45) is 0.765. The summed E-state index contributed by atoms with van der Waals surface area (Å²) in [6, 6.07) is 2.85. The Labute approximate surface area is 121 Å². The molecule has 0 radical (unpaired) electrons. The zero-order valence-corrected chi connectivity index (χ0v) is 12.2. The molecular weight excluding hydrogens is 277 g/mol. The first-order chi connectivity index (χ1) is 9.83. The molecule has 2 aromatic heterocycles. The summed E-state index contributed by atoms with van der Waals surface area (Å²) in [6.45, 7) is 6.18. The smallest absolute Gasteiger partial charge is 0.407 e. The molecular formula is C13H18FN5O2. The van der Waals surface area contributed by atoms with Crippen LogP contribution in [0.3, 0.4) is 0 Å². The van der Waals surface area contributed by atoms with Crippen LogP contribution in [-0.4, -0.2) is 39.4 Å². The van der Waals surface area contributed by atoms with E-state index in [2.05, 4.69) is 20.7 Å². The number of fused-ring (bicyclic) bond motifs is 1. The summed E-state index contributed by atoms with van der Waals surface area (Å²) < 4.78 is 19.4. The Bertz CT molecular complexity index is 635. The molecule has 0 aliphatic carbocycles. The number of amides is 1. The molecule has 2 rings (SSSR count). The van der Waals surface area contributed by atoms with Gasteiger partial charge in [-0.25, -0.2) is 13.7 Å². The lowest BCUT2D eigenvalue weighted by Crippen LogP contribution is -2.35. The Morgan fingerprint density at radius 2 is 2.14 bits per heavy atom. The number of nitrogens with one attached hydrogen (secondary N) is 2. The van der Waals surface area contributed by atoms with Gasteiger partial charge in [-0.05, 0) is 32.9 Å². The average Bonchev–Trinajstić information content (AvgIpc) is 2.74. The van der Waals surface area contributed by atoms with Gasteiger partial charge in [0, 0.05) is 13.1 Å². The molecule has 1 amide bonds. The van der Waals surface area contributed by atoms with E-state index in [0.717, 1.165) is 0 Å². The number of rotatable bonds is 4. The Morgan fingerprint density at radius 1 is 1.38 bits per heavy atom. The van der Waals surface area contributed by atoms with E-state index >= 15 is 0 Å². The highest BCUT2D eigenvalue weighted by atomic mass is 19.1. The summed E-state index contributed by atoms with van der Waals surface area (Å²) in [4.78, 5) is 15.6. The third-order valence-electron chi connectivity index (χ3n) is 2.37. The highest BCUT2D eigenvalue weighted by Crippen LogP contribution is 2.07. The number of alkyl carbamates (subject to hydrolysis) is 1. The third kappa shape index (κ3) is 4.59. The quantitative estimate of drug-likeness (QED) is 0.841. The highest BCUT2D eigenvalue weighted by molar-refractivity contribution is 5.67. The molecule has 0 saturated heterocycles. The van der Waals surface area contributed by atoms with E-state index in [9.17, 15) is 9.18 Å². The van der Waals surface area contributed by atoms with E-state index in [1.54, 1.807) is 20.8 Å². The van der Waals surface area contributed by atoms with Gasteiger partial charge in [0.15, 0.2) is 5.65 Å². The molecule has 0 aliphatic heterocycles. The molecule has 2 N–H and O–H groups in total. The van der Waals surface area contributed by atoms with Crippen LogP contribution in [0.1, 0.15) is 20.8 Å². The molecule has 21 heavy (non-hydrogen) atoms. The SMILES string of the molecule is CC(C)(C)OC(=O)NCCNc1nc2ccc(F)cn2n1. The first-order valence-electron chi connectivity index (χ1n) is 6.56. The van der Waals surface area contributed by atoms with E-state index in [1.165, 1.54) is 22.8 Å². The maximum atomic E-state index is 13.0. The number of hydrogen-bond acceptors (Lipinski definition) is 5. The first-order valence-corrected chi connectivity index (χ1v) is 6.56. The third-order valence-corrected chi connectivity index (χ3v) is 2.37. The van der Waals surface area contributed by atoms with Gasteiger partial charge < -0.3 is 15.4 Å². The van der Waals surface area contributed by atoms with Crippen LogP contribution in [-0.2, 0) is 4.74 Å². The zero-order chi connectivity index (χ0) is 15.5. The van der Waals surface area contributed by atoms with Gasteiger partial charge in [0.25, 0.3) is 0 Å². The van der Waals surface area contributed by atoms with Crippen LogP contribution in [0.5, 0.6) is 0 Å². The van der Waals surface area contributed by atoms with Crippen LogP contribution in [0.2, 0.25) is 0 Å². The molecule has 8 heteroatoms. The lowest BCUT2D eigenvalue weighted by atomic mass is 10.2. The molecule has 114 valence electrons. The van der Waals surface area contributed by atoms with Crippen molar-refractivity contribution in [3.63, 3.8) is 0 Å².